The smallest absolute Gasteiger partial charge is 0.0671 e. The highest BCUT2D eigenvalue weighted by atomic mass is 32.1. The zero-order valence-corrected chi connectivity index (χ0v) is 14.2. The summed E-state index contributed by atoms with van der Waals surface area (Å²) in [4.78, 5) is 2.81. The number of thiophene rings is 1. The Morgan fingerprint density at radius 3 is 2.43 bits per heavy atom. The van der Waals surface area contributed by atoms with Crippen molar-refractivity contribution in [3.63, 3.8) is 0 Å². The van der Waals surface area contributed by atoms with E-state index >= 15 is 0 Å². The quantitative estimate of drug-likeness (QED) is 0.825. The number of benzene rings is 1. The molecule has 3 heteroatoms. The maximum absolute atomic E-state index is 5.14. The number of hydrogen-bond donors (Lipinski definition) is 1. The molecule has 0 aliphatic carbocycles. The molecule has 1 N–H and O–H groups in total. The normalized spacial score (nSPS) is 12.6. The van der Waals surface area contributed by atoms with Crippen LogP contribution in [0.25, 0.3) is 0 Å². The van der Waals surface area contributed by atoms with E-state index in [1.807, 2.05) is 11.3 Å². The van der Waals surface area contributed by atoms with E-state index in [0.717, 1.165) is 19.6 Å². The maximum atomic E-state index is 5.14. The summed E-state index contributed by atoms with van der Waals surface area (Å²) >= 11 is 1.89. The lowest BCUT2D eigenvalue weighted by Crippen LogP contribution is -2.21. The van der Waals surface area contributed by atoms with E-state index in [-0.39, 0.29) is 0 Å². The molecule has 0 saturated carbocycles. The molecule has 2 nitrogen and oxygen atoms in total. The minimum Gasteiger partial charge on any atom is -0.384 e. The van der Waals surface area contributed by atoms with Gasteiger partial charge in [0, 0.05) is 16.9 Å². The first kappa shape index (κ1) is 16.2. The number of aryl methyl sites for hydroxylation is 2. The maximum Gasteiger partial charge on any atom is 0.0671 e. The predicted molar refractivity (Wildman–Crippen MR) is 91.3 cm³/mol. The Hall–Kier alpha value is -1.16. The van der Waals surface area contributed by atoms with E-state index in [9.17, 15) is 0 Å². The van der Waals surface area contributed by atoms with Crippen molar-refractivity contribution in [1.29, 1.82) is 0 Å². The third-order valence-corrected chi connectivity index (χ3v) is 5.00. The lowest BCUT2D eigenvalue weighted by Gasteiger charge is -2.17. The summed E-state index contributed by atoms with van der Waals surface area (Å²) in [7, 11) is 1.75. The molecule has 1 unspecified atom stereocenters. The molecule has 0 aliphatic rings. The van der Waals surface area contributed by atoms with Crippen molar-refractivity contribution in [2.45, 2.75) is 33.2 Å². The zero-order valence-electron chi connectivity index (χ0n) is 13.4. The molecule has 0 amide bonds. The SMILES string of the molecule is CCNC(c1ccc(CCOC)cc1)c1cc(C)c(C)s1. The first-order valence-electron chi connectivity index (χ1n) is 7.53. The molecule has 2 aromatic rings. The minimum absolute atomic E-state index is 0.295. The van der Waals surface area contributed by atoms with Gasteiger partial charge in [0.15, 0.2) is 0 Å². The van der Waals surface area contributed by atoms with Gasteiger partial charge in [0.05, 0.1) is 12.6 Å². The molecule has 21 heavy (non-hydrogen) atoms. The number of hydrogen-bond acceptors (Lipinski definition) is 3. The highest BCUT2D eigenvalue weighted by Gasteiger charge is 2.16. The highest BCUT2D eigenvalue weighted by Crippen LogP contribution is 2.30. The predicted octanol–water partition coefficient (Wildman–Crippen LogP) is 4.25. The van der Waals surface area contributed by atoms with E-state index in [1.165, 1.54) is 26.4 Å². The van der Waals surface area contributed by atoms with Gasteiger partial charge in [0.1, 0.15) is 0 Å². The fraction of sp³-hybridized carbons (Fsp3) is 0.444. The van der Waals surface area contributed by atoms with Crippen molar-refractivity contribution in [3.8, 4) is 0 Å². The second-order valence-corrected chi connectivity index (χ2v) is 6.65. The van der Waals surface area contributed by atoms with Gasteiger partial charge in [-0.3, -0.25) is 0 Å². The third kappa shape index (κ3) is 4.16. The van der Waals surface area contributed by atoms with Crippen molar-refractivity contribution < 1.29 is 4.74 Å². The Bertz CT molecular complexity index is 540. The Labute approximate surface area is 132 Å². The summed E-state index contributed by atoms with van der Waals surface area (Å²) in [6.07, 6.45) is 0.972. The largest absolute Gasteiger partial charge is 0.384 e. The first-order chi connectivity index (χ1) is 10.2. The van der Waals surface area contributed by atoms with E-state index in [0.29, 0.717) is 6.04 Å². The van der Waals surface area contributed by atoms with Crippen LogP contribution in [0, 0.1) is 13.8 Å². The van der Waals surface area contributed by atoms with Crippen molar-refractivity contribution in [3.05, 3.63) is 56.8 Å². The van der Waals surface area contributed by atoms with Crippen LogP contribution in [0.15, 0.2) is 30.3 Å². The third-order valence-electron chi connectivity index (χ3n) is 3.79. The molecule has 1 heterocycles. The summed E-state index contributed by atoms with van der Waals surface area (Å²) in [5.74, 6) is 0. The van der Waals surface area contributed by atoms with Gasteiger partial charge in [0.25, 0.3) is 0 Å². The van der Waals surface area contributed by atoms with Crippen LogP contribution in [0.1, 0.15) is 39.4 Å². The average Bonchev–Trinajstić information content (AvgIpc) is 2.82. The fourth-order valence-electron chi connectivity index (χ4n) is 2.43. The second-order valence-electron chi connectivity index (χ2n) is 5.36. The van der Waals surface area contributed by atoms with E-state index in [2.05, 4.69) is 56.4 Å². The minimum atomic E-state index is 0.295. The Morgan fingerprint density at radius 1 is 1.19 bits per heavy atom. The van der Waals surface area contributed by atoms with Gasteiger partial charge in [-0.1, -0.05) is 31.2 Å². The van der Waals surface area contributed by atoms with Crippen molar-refractivity contribution in [1.82, 2.24) is 5.32 Å². The lowest BCUT2D eigenvalue weighted by atomic mass is 10.0. The molecule has 114 valence electrons. The van der Waals surface area contributed by atoms with Crippen LogP contribution in [0.4, 0.5) is 0 Å². The number of ether oxygens (including phenoxy) is 1. The number of rotatable bonds is 7. The molecule has 1 aromatic heterocycles. The molecule has 0 fully saturated rings. The molecular weight excluding hydrogens is 278 g/mol. The van der Waals surface area contributed by atoms with Gasteiger partial charge in [-0.2, -0.15) is 0 Å². The van der Waals surface area contributed by atoms with Gasteiger partial charge < -0.3 is 10.1 Å². The lowest BCUT2D eigenvalue weighted by molar-refractivity contribution is 0.202. The van der Waals surface area contributed by atoms with Gasteiger partial charge in [-0.25, -0.2) is 0 Å². The molecular formula is C18H25NOS. The summed E-state index contributed by atoms with van der Waals surface area (Å²) in [5.41, 5.74) is 4.04. The van der Waals surface area contributed by atoms with Crippen LogP contribution in [-0.4, -0.2) is 20.3 Å². The van der Waals surface area contributed by atoms with E-state index < -0.39 is 0 Å². The summed E-state index contributed by atoms with van der Waals surface area (Å²) in [5, 5.41) is 3.60. The standard InChI is InChI=1S/C18H25NOS/c1-5-19-18(17-12-13(2)14(3)21-17)16-8-6-15(7-9-16)10-11-20-4/h6-9,12,18-19H,5,10-11H2,1-4H3. The summed E-state index contributed by atoms with van der Waals surface area (Å²) in [6.45, 7) is 8.28. The Balaban J connectivity index is 2.21. The van der Waals surface area contributed by atoms with Gasteiger partial charge in [-0.15, -0.1) is 11.3 Å². The van der Waals surface area contributed by atoms with Gasteiger partial charge in [-0.05, 0) is 49.6 Å². The van der Waals surface area contributed by atoms with Crippen LogP contribution >= 0.6 is 11.3 Å². The monoisotopic (exact) mass is 303 g/mol. The van der Waals surface area contributed by atoms with Crippen LogP contribution in [-0.2, 0) is 11.2 Å². The molecule has 0 spiro atoms. The van der Waals surface area contributed by atoms with E-state index in [4.69, 9.17) is 4.74 Å². The first-order valence-corrected chi connectivity index (χ1v) is 8.35. The van der Waals surface area contributed by atoms with Crippen molar-refractivity contribution >= 4 is 11.3 Å². The van der Waals surface area contributed by atoms with E-state index in [1.54, 1.807) is 7.11 Å². The second kappa shape index (κ2) is 7.74. The highest BCUT2D eigenvalue weighted by molar-refractivity contribution is 7.12. The van der Waals surface area contributed by atoms with Crippen LogP contribution in [0.5, 0.6) is 0 Å². The number of methoxy groups -OCH3 is 1. The molecule has 1 atom stereocenters. The summed E-state index contributed by atoms with van der Waals surface area (Å²) in [6, 6.07) is 11.5. The molecule has 0 aliphatic heterocycles. The average molecular weight is 303 g/mol. The zero-order chi connectivity index (χ0) is 15.2. The van der Waals surface area contributed by atoms with Crippen LogP contribution in [0.2, 0.25) is 0 Å². The molecule has 0 radical (unpaired) electrons. The molecule has 0 bridgehead atoms. The van der Waals surface area contributed by atoms with Gasteiger partial charge in [0.2, 0.25) is 0 Å². The van der Waals surface area contributed by atoms with Crippen molar-refractivity contribution in [2.24, 2.45) is 0 Å². The molecule has 2 rings (SSSR count). The molecule has 1 aromatic carbocycles. The van der Waals surface area contributed by atoms with Crippen LogP contribution in [0.3, 0.4) is 0 Å². The molecule has 0 saturated heterocycles. The fourth-order valence-corrected chi connectivity index (χ4v) is 3.57. The van der Waals surface area contributed by atoms with Crippen molar-refractivity contribution in [2.75, 3.05) is 20.3 Å². The topological polar surface area (TPSA) is 21.3 Å². The Kier molecular flexibility index (Phi) is 5.97. The Morgan fingerprint density at radius 2 is 1.90 bits per heavy atom. The number of nitrogens with one attached hydrogen (secondary N) is 1. The van der Waals surface area contributed by atoms with Crippen LogP contribution < -0.4 is 5.32 Å². The summed E-state index contributed by atoms with van der Waals surface area (Å²) < 4.78 is 5.14. The van der Waals surface area contributed by atoms with Gasteiger partial charge >= 0.3 is 0 Å².